The summed E-state index contributed by atoms with van der Waals surface area (Å²) >= 11 is 0. The van der Waals surface area contributed by atoms with Gasteiger partial charge in [0.1, 0.15) is 24.4 Å². The predicted molar refractivity (Wildman–Crippen MR) is 361 cm³/mol. The summed E-state index contributed by atoms with van der Waals surface area (Å²) in [6.07, 6.45) is 74.2. The van der Waals surface area contributed by atoms with Gasteiger partial charge in [0.2, 0.25) is 5.91 Å². The molecule has 7 unspecified atom stereocenters. The molecule has 0 aliphatic carbocycles. The van der Waals surface area contributed by atoms with E-state index in [4.69, 9.17) is 14.2 Å². The van der Waals surface area contributed by atoms with Gasteiger partial charge in [0.05, 0.1) is 32.0 Å². The molecular formula is C75H139NO10. The standard InChI is InChI=1S/C75H139NO10/c1-3-5-7-9-11-13-15-43-47-51-55-59-63-71(80)84-64-60-56-52-48-44-40-38-36-34-32-30-28-26-24-22-20-18-16-17-19-21-23-25-27-29-31-33-35-37-39-42-46-50-54-58-62-70(79)76-67(66-85-75-74(83)73(82)72(81)69(65-77)86-75)68(78)61-57-53-49-45-41-14-12-10-8-6-4-2/h8,10,18,20,41,45,57,61,67-69,72-75,77-78,81-83H,3-7,9,11-17,19,21-40,42-44,46-56,58-60,62-66H2,1-2H3,(H,76,79)/b10-8+,20-18-,45-41+,61-57+. The first kappa shape index (κ1) is 81.6. The second-order valence-electron chi connectivity index (χ2n) is 25.6. The molecule has 11 heteroatoms. The Kier molecular flexibility index (Phi) is 60.9. The summed E-state index contributed by atoms with van der Waals surface area (Å²) in [6, 6.07) is -0.832. The van der Waals surface area contributed by atoms with E-state index < -0.39 is 49.5 Å². The molecule has 0 aromatic heterocycles. The second kappa shape index (κ2) is 64.2. The maximum atomic E-state index is 13.0. The van der Waals surface area contributed by atoms with Crippen LogP contribution in [0.25, 0.3) is 0 Å². The molecular weight excluding hydrogens is 1070 g/mol. The maximum absolute atomic E-state index is 13.0. The molecule has 1 rings (SSSR count). The zero-order valence-electron chi connectivity index (χ0n) is 56.0. The van der Waals surface area contributed by atoms with Crippen molar-refractivity contribution < 1.29 is 49.3 Å². The third-order valence-corrected chi connectivity index (χ3v) is 17.4. The van der Waals surface area contributed by atoms with Gasteiger partial charge in [0.25, 0.3) is 0 Å². The lowest BCUT2D eigenvalue weighted by atomic mass is 9.99. The van der Waals surface area contributed by atoms with Gasteiger partial charge in [-0.2, -0.15) is 0 Å². The number of allylic oxidation sites excluding steroid dienone is 7. The molecule has 1 saturated heterocycles. The van der Waals surface area contributed by atoms with Gasteiger partial charge in [-0.25, -0.2) is 0 Å². The van der Waals surface area contributed by atoms with Crippen LogP contribution in [0.5, 0.6) is 0 Å². The fraction of sp³-hybridized carbons (Fsp3) is 0.867. The molecule has 1 aliphatic heterocycles. The van der Waals surface area contributed by atoms with E-state index in [1.54, 1.807) is 6.08 Å². The summed E-state index contributed by atoms with van der Waals surface area (Å²) in [7, 11) is 0. The third-order valence-electron chi connectivity index (χ3n) is 17.4. The largest absolute Gasteiger partial charge is 0.466 e. The number of rotatable bonds is 65. The van der Waals surface area contributed by atoms with Crippen LogP contribution in [0.15, 0.2) is 48.6 Å². The van der Waals surface area contributed by atoms with E-state index in [0.717, 1.165) is 70.6 Å². The van der Waals surface area contributed by atoms with E-state index in [1.165, 1.54) is 257 Å². The number of aliphatic hydroxyl groups is 5. The Morgan fingerprint density at radius 2 is 0.779 bits per heavy atom. The first-order chi connectivity index (χ1) is 42.2. The number of carbonyl (C=O) groups is 2. The van der Waals surface area contributed by atoms with Crippen LogP contribution in [0.4, 0.5) is 0 Å². The Labute approximate surface area is 529 Å². The van der Waals surface area contributed by atoms with E-state index in [9.17, 15) is 35.1 Å². The van der Waals surface area contributed by atoms with Crippen LogP contribution >= 0.6 is 0 Å². The number of esters is 1. The highest BCUT2D eigenvalue weighted by molar-refractivity contribution is 5.76. The first-order valence-corrected chi connectivity index (χ1v) is 36.9. The molecule has 1 heterocycles. The number of unbranched alkanes of at least 4 members (excludes halogenated alkanes) is 45. The van der Waals surface area contributed by atoms with Gasteiger partial charge < -0.3 is 45.1 Å². The molecule has 0 saturated carbocycles. The van der Waals surface area contributed by atoms with Gasteiger partial charge in [0.15, 0.2) is 6.29 Å². The van der Waals surface area contributed by atoms with Crippen molar-refractivity contribution in [3.8, 4) is 0 Å². The van der Waals surface area contributed by atoms with Crippen molar-refractivity contribution in [3.05, 3.63) is 48.6 Å². The highest BCUT2D eigenvalue weighted by Crippen LogP contribution is 2.23. The molecule has 86 heavy (non-hydrogen) atoms. The summed E-state index contributed by atoms with van der Waals surface area (Å²) in [5.41, 5.74) is 0. The molecule has 7 atom stereocenters. The molecule has 504 valence electrons. The summed E-state index contributed by atoms with van der Waals surface area (Å²) in [4.78, 5) is 25.1. The summed E-state index contributed by atoms with van der Waals surface area (Å²) in [6.45, 7) is 4.28. The monoisotopic (exact) mass is 1210 g/mol. The van der Waals surface area contributed by atoms with Crippen molar-refractivity contribution in [3.63, 3.8) is 0 Å². The van der Waals surface area contributed by atoms with Gasteiger partial charge in [0, 0.05) is 12.8 Å². The van der Waals surface area contributed by atoms with Crippen LogP contribution in [0.3, 0.4) is 0 Å². The molecule has 0 radical (unpaired) electrons. The Morgan fingerprint density at radius 3 is 1.20 bits per heavy atom. The van der Waals surface area contributed by atoms with Crippen LogP contribution < -0.4 is 5.32 Å². The minimum absolute atomic E-state index is 0.0140. The molecule has 6 N–H and O–H groups in total. The van der Waals surface area contributed by atoms with Gasteiger partial charge in [-0.05, 0) is 77.0 Å². The number of carbonyl (C=O) groups excluding carboxylic acids is 2. The molecule has 0 spiro atoms. The van der Waals surface area contributed by atoms with Crippen LogP contribution in [-0.4, -0.2) is 100 Å². The number of aliphatic hydroxyl groups excluding tert-OH is 5. The predicted octanol–water partition coefficient (Wildman–Crippen LogP) is 19.1. The quantitative estimate of drug-likeness (QED) is 0.0195. The minimum atomic E-state index is -1.58. The summed E-state index contributed by atoms with van der Waals surface area (Å²) in [5, 5.41) is 54.4. The molecule has 0 aromatic carbocycles. The second-order valence-corrected chi connectivity index (χ2v) is 25.6. The van der Waals surface area contributed by atoms with Gasteiger partial charge >= 0.3 is 5.97 Å². The van der Waals surface area contributed by atoms with Crippen molar-refractivity contribution in [2.45, 2.75) is 397 Å². The van der Waals surface area contributed by atoms with Gasteiger partial charge in [-0.3, -0.25) is 9.59 Å². The smallest absolute Gasteiger partial charge is 0.305 e. The first-order valence-electron chi connectivity index (χ1n) is 36.9. The lowest BCUT2D eigenvalue weighted by Crippen LogP contribution is -2.60. The Morgan fingerprint density at radius 1 is 0.419 bits per heavy atom. The molecule has 1 fully saturated rings. The fourth-order valence-electron chi connectivity index (χ4n) is 11.6. The SMILES string of the molecule is CCC/C=C/CC/C=C/CC/C=C/C(O)C(COC1OC(CO)C(O)C(O)C1O)NC(=O)CCCCCCCCCCCCCCCCCCC/C=C\CCCCCCCCCCCCCCCCOC(=O)CCCCCCCCCCCCCC. The topological polar surface area (TPSA) is 175 Å². The van der Waals surface area contributed by atoms with Crippen molar-refractivity contribution in [1.82, 2.24) is 5.32 Å². The Balaban J connectivity index is 1.91. The highest BCUT2D eigenvalue weighted by Gasteiger charge is 2.44. The lowest BCUT2D eigenvalue weighted by Gasteiger charge is -2.40. The number of ether oxygens (including phenoxy) is 3. The van der Waals surface area contributed by atoms with Crippen molar-refractivity contribution in [2.24, 2.45) is 0 Å². The van der Waals surface area contributed by atoms with Crippen LogP contribution in [-0.2, 0) is 23.8 Å². The number of hydrogen-bond acceptors (Lipinski definition) is 10. The van der Waals surface area contributed by atoms with Crippen LogP contribution in [0.2, 0.25) is 0 Å². The average Bonchev–Trinajstić information content (AvgIpc) is 3.71. The normalized spacial score (nSPS) is 18.2. The number of nitrogens with one attached hydrogen (secondary N) is 1. The van der Waals surface area contributed by atoms with Gasteiger partial charge in [-0.15, -0.1) is 0 Å². The van der Waals surface area contributed by atoms with Gasteiger partial charge in [-0.1, -0.05) is 313 Å². The maximum Gasteiger partial charge on any atom is 0.305 e. The van der Waals surface area contributed by atoms with E-state index in [2.05, 4.69) is 55.6 Å². The van der Waals surface area contributed by atoms with Crippen molar-refractivity contribution >= 4 is 11.9 Å². The molecule has 0 aromatic rings. The molecule has 0 bridgehead atoms. The minimum Gasteiger partial charge on any atom is -0.466 e. The van der Waals surface area contributed by atoms with Crippen molar-refractivity contribution in [2.75, 3.05) is 19.8 Å². The van der Waals surface area contributed by atoms with E-state index in [-0.39, 0.29) is 18.5 Å². The van der Waals surface area contributed by atoms with E-state index in [0.29, 0.717) is 19.4 Å². The average molecular weight is 1210 g/mol. The van der Waals surface area contributed by atoms with Crippen LogP contribution in [0.1, 0.15) is 354 Å². The molecule has 11 nitrogen and oxygen atoms in total. The van der Waals surface area contributed by atoms with E-state index in [1.807, 2.05) is 6.08 Å². The Hall–Kier alpha value is -2.38. The molecule has 1 amide bonds. The summed E-state index contributed by atoms with van der Waals surface area (Å²) in [5.74, 6) is -0.179. The van der Waals surface area contributed by atoms with Crippen molar-refractivity contribution in [1.29, 1.82) is 0 Å². The lowest BCUT2D eigenvalue weighted by molar-refractivity contribution is -0.302. The highest BCUT2D eigenvalue weighted by atomic mass is 16.7. The van der Waals surface area contributed by atoms with E-state index >= 15 is 0 Å². The molecule has 1 aliphatic rings. The number of hydrogen-bond donors (Lipinski definition) is 6. The zero-order valence-corrected chi connectivity index (χ0v) is 56.0. The van der Waals surface area contributed by atoms with Crippen LogP contribution in [0, 0.1) is 0 Å². The third kappa shape index (κ3) is 52.4. The fourth-order valence-corrected chi connectivity index (χ4v) is 11.6. The zero-order chi connectivity index (χ0) is 62.3. The summed E-state index contributed by atoms with van der Waals surface area (Å²) < 4.78 is 16.7. The Bertz CT molecular complexity index is 1570. The number of amides is 1.